The summed E-state index contributed by atoms with van der Waals surface area (Å²) in [6.07, 6.45) is 0.760. The fraction of sp³-hybridized carbons (Fsp3) is 0.500. The molecule has 4 nitrogen and oxygen atoms in total. The van der Waals surface area contributed by atoms with E-state index in [9.17, 15) is 13.5 Å². The second kappa shape index (κ2) is 3.71. The molecule has 0 aromatic heterocycles. The summed E-state index contributed by atoms with van der Waals surface area (Å²) in [6, 6.07) is 7.38. The van der Waals surface area contributed by atoms with E-state index in [1.165, 1.54) is 0 Å². The lowest BCUT2D eigenvalue weighted by molar-refractivity contribution is 0.253. The molecule has 5 heteroatoms. The summed E-state index contributed by atoms with van der Waals surface area (Å²) in [5, 5.41) is 9.52. The summed E-state index contributed by atoms with van der Waals surface area (Å²) in [7, 11) is -2.83. The zero-order valence-corrected chi connectivity index (χ0v) is 10.2. The molecule has 2 heterocycles. The van der Waals surface area contributed by atoms with Crippen LogP contribution in [0.1, 0.15) is 12.0 Å². The van der Waals surface area contributed by atoms with Gasteiger partial charge in [-0.05, 0) is 12.5 Å². The van der Waals surface area contributed by atoms with Crippen molar-refractivity contribution in [3.8, 4) is 5.75 Å². The maximum absolute atomic E-state index is 11.6. The van der Waals surface area contributed by atoms with Gasteiger partial charge in [0.15, 0.2) is 9.84 Å². The van der Waals surface area contributed by atoms with Crippen LogP contribution in [0.2, 0.25) is 0 Å². The van der Waals surface area contributed by atoms with E-state index in [2.05, 4.69) is 4.90 Å². The molecule has 17 heavy (non-hydrogen) atoms. The van der Waals surface area contributed by atoms with Crippen LogP contribution in [0, 0.1) is 0 Å². The van der Waals surface area contributed by atoms with E-state index < -0.39 is 9.84 Å². The van der Waals surface area contributed by atoms with Gasteiger partial charge < -0.3 is 5.11 Å². The first kappa shape index (κ1) is 11.0. The number of phenolic OH excluding ortho intramolecular Hbond substituents is 1. The molecule has 1 aromatic carbocycles. The molecule has 1 aromatic rings. The number of aromatic hydroxyl groups is 1. The first-order chi connectivity index (χ1) is 8.06. The highest BCUT2D eigenvalue weighted by molar-refractivity contribution is 7.92. The predicted molar refractivity (Wildman–Crippen MR) is 64.5 cm³/mol. The molecule has 0 saturated carbocycles. The van der Waals surface area contributed by atoms with Gasteiger partial charge in [0.25, 0.3) is 0 Å². The predicted octanol–water partition coefficient (Wildman–Crippen LogP) is 0.763. The highest BCUT2D eigenvalue weighted by Crippen LogP contribution is 2.34. The maximum atomic E-state index is 11.6. The summed E-state index contributed by atoms with van der Waals surface area (Å²) in [4.78, 5) is 2.17. The van der Waals surface area contributed by atoms with Crippen LogP contribution in [0.3, 0.4) is 0 Å². The Balaban J connectivity index is 1.76. The smallest absolute Gasteiger partial charge is 0.156 e. The molecular weight excluding hydrogens is 238 g/mol. The van der Waals surface area contributed by atoms with Gasteiger partial charge in [-0.1, -0.05) is 18.2 Å². The van der Waals surface area contributed by atoms with E-state index in [1.807, 2.05) is 12.1 Å². The number of sulfone groups is 1. The normalized spacial score (nSPS) is 30.8. The Hall–Kier alpha value is -1.07. The van der Waals surface area contributed by atoms with Crippen molar-refractivity contribution in [1.82, 2.24) is 4.90 Å². The monoisotopic (exact) mass is 253 g/mol. The van der Waals surface area contributed by atoms with Gasteiger partial charge in [-0.2, -0.15) is 0 Å². The lowest BCUT2D eigenvalue weighted by Crippen LogP contribution is -2.39. The summed E-state index contributed by atoms with van der Waals surface area (Å²) >= 11 is 0. The number of hydrogen-bond donors (Lipinski definition) is 1. The Bertz CT molecular complexity index is 540. The molecule has 1 N–H and O–H groups in total. The van der Waals surface area contributed by atoms with Gasteiger partial charge in [-0.25, -0.2) is 8.42 Å². The Kier molecular flexibility index (Phi) is 2.41. The zero-order chi connectivity index (χ0) is 12.0. The number of nitrogens with zero attached hydrogens (tertiary/aromatic N) is 1. The van der Waals surface area contributed by atoms with Crippen LogP contribution in [0.4, 0.5) is 0 Å². The average molecular weight is 253 g/mol. The Morgan fingerprint density at radius 1 is 1.35 bits per heavy atom. The lowest BCUT2D eigenvalue weighted by atomic mass is 10.2. The van der Waals surface area contributed by atoms with Gasteiger partial charge in [0.2, 0.25) is 0 Å². The maximum Gasteiger partial charge on any atom is 0.156 e. The number of fused-ring (bicyclic) bond motifs is 2. The first-order valence-electron chi connectivity index (χ1n) is 5.79. The fourth-order valence-electron chi connectivity index (χ4n) is 2.83. The summed E-state index contributed by atoms with van der Waals surface area (Å²) in [5.74, 6) is 0.573. The van der Waals surface area contributed by atoms with E-state index in [0.717, 1.165) is 12.0 Å². The molecule has 2 aliphatic rings. The van der Waals surface area contributed by atoms with Gasteiger partial charge in [0.1, 0.15) is 5.75 Å². The van der Waals surface area contributed by atoms with Crippen molar-refractivity contribution >= 4 is 9.84 Å². The molecule has 0 aliphatic carbocycles. The van der Waals surface area contributed by atoms with Crippen molar-refractivity contribution in [3.05, 3.63) is 29.8 Å². The van der Waals surface area contributed by atoms with Gasteiger partial charge in [0.05, 0.1) is 11.0 Å². The third-order valence-electron chi connectivity index (χ3n) is 3.79. The molecule has 2 unspecified atom stereocenters. The highest BCUT2D eigenvalue weighted by Gasteiger charge is 2.48. The van der Waals surface area contributed by atoms with Crippen LogP contribution in [0.5, 0.6) is 5.75 Å². The van der Waals surface area contributed by atoms with Crippen molar-refractivity contribution in [1.29, 1.82) is 0 Å². The van der Waals surface area contributed by atoms with E-state index in [0.29, 0.717) is 13.1 Å². The van der Waals surface area contributed by atoms with Crippen LogP contribution >= 0.6 is 0 Å². The molecule has 2 bridgehead atoms. The highest BCUT2D eigenvalue weighted by atomic mass is 32.2. The van der Waals surface area contributed by atoms with Crippen molar-refractivity contribution in [2.75, 3.05) is 12.3 Å². The SMILES string of the molecule is O=S1(=O)CC2CC1CN2Cc1ccccc1O. The molecule has 0 radical (unpaired) electrons. The van der Waals surface area contributed by atoms with E-state index in [1.54, 1.807) is 12.1 Å². The number of para-hydroxylation sites is 1. The molecular formula is C12H15NO3S. The number of likely N-dealkylation sites (tertiary alicyclic amines) is 1. The van der Waals surface area contributed by atoms with Gasteiger partial charge in [0, 0.05) is 24.7 Å². The van der Waals surface area contributed by atoms with Crippen LogP contribution in [0.25, 0.3) is 0 Å². The van der Waals surface area contributed by atoms with Crippen molar-refractivity contribution in [3.63, 3.8) is 0 Å². The third-order valence-corrected chi connectivity index (χ3v) is 5.99. The molecule has 92 valence electrons. The largest absolute Gasteiger partial charge is 0.508 e. The minimum Gasteiger partial charge on any atom is -0.508 e. The standard InChI is InChI=1S/C12H15NO3S/c14-12-4-2-1-3-9(12)6-13-7-11-5-10(13)8-17(11,15)16/h1-4,10-11,14H,5-8H2. The van der Waals surface area contributed by atoms with E-state index in [-0.39, 0.29) is 22.8 Å². The molecule has 2 fully saturated rings. The summed E-state index contributed by atoms with van der Waals surface area (Å²) in [5.41, 5.74) is 0.873. The number of rotatable bonds is 2. The van der Waals surface area contributed by atoms with Crippen molar-refractivity contribution in [2.45, 2.75) is 24.3 Å². The zero-order valence-electron chi connectivity index (χ0n) is 9.41. The summed E-state index contributed by atoms with van der Waals surface area (Å²) in [6.45, 7) is 1.25. The van der Waals surface area contributed by atoms with Crippen molar-refractivity contribution < 1.29 is 13.5 Å². The van der Waals surface area contributed by atoms with Gasteiger partial charge in [-0.3, -0.25) is 4.90 Å². The average Bonchev–Trinajstić information content (AvgIpc) is 2.77. The first-order valence-corrected chi connectivity index (χ1v) is 7.50. The molecule has 0 spiro atoms. The second-order valence-electron chi connectivity index (χ2n) is 4.90. The molecule has 0 amide bonds. The Morgan fingerprint density at radius 2 is 2.12 bits per heavy atom. The van der Waals surface area contributed by atoms with Crippen LogP contribution < -0.4 is 0 Å². The van der Waals surface area contributed by atoms with E-state index in [4.69, 9.17) is 0 Å². The number of benzene rings is 1. The summed E-state index contributed by atoms with van der Waals surface area (Å²) < 4.78 is 23.2. The van der Waals surface area contributed by atoms with Crippen LogP contribution in [0.15, 0.2) is 24.3 Å². The fourth-order valence-corrected chi connectivity index (χ4v) is 4.92. The minimum atomic E-state index is -2.83. The molecule has 2 saturated heterocycles. The Morgan fingerprint density at radius 3 is 2.71 bits per heavy atom. The lowest BCUT2D eigenvalue weighted by Gasteiger charge is -2.26. The van der Waals surface area contributed by atoms with Gasteiger partial charge in [-0.15, -0.1) is 0 Å². The molecule has 2 atom stereocenters. The van der Waals surface area contributed by atoms with Crippen molar-refractivity contribution in [2.24, 2.45) is 0 Å². The third kappa shape index (κ3) is 1.83. The minimum absolute atomic E-state index is 0.143. The molecule has 3 rings (SSSR count). The van der Waals surface area contributed by atoms with Crippen LogP contribution in [-0.2, 0) is 16.4 Å². The number of phenols is 1. The van der Waals surface area contributed by atoms with E-state index >= 15 is 0 Å². The quantitative estimate of drug-likeness (QED) is 0.845. The van der Waals surface area contributed by atoms with Crippen LogP contribution in [-0.4, -0.2) is 42.0 Å². The Labute approximate surface area is 101 Å². The second-order valence-corrected chi connectivity index (χ2v) is 7.22. The van der Waals surface area contributed by atoms with Gasteiger partial charge >= 0.3 is 0 Å². The molecule has 2 aliphatic heterocycles. The topological polar surface area (TPSA) is 57.6 Å². The number of hydrogen-bond acceptors (Lipinski definition) is 4.